The SMILES string of the molecule is COc1cccc(C(C(=O)O)N(C(N)=O)c2ccccc2Br)c1. The molecule has 0 aliphatic carbocycles. The number of halogens is 1. The van der Waals surface area contributed by atoms with E-state index in [-0.39, 0.29) is 0 Å². The Morgan fingerprint density at radius 1 is 1.22 bits per heavy atom. The monoisotopic (exact) mass is 378 g/mol. The lowest BCUT2D eigenvalue weighted by Crippen LogP contribution is -2.42. The van der Waals surface area contributed by atoms with E-state index in [1.165, 1.54) is 7.11 Å². The van der Waals surface area contributed by atoms with Crippen molar-refractivity contribution in [1.82, 2.24) is 0 Å². The molecule has 0 fully saturated rings. The molecule has 0 radical (unpaired) electrons. The lowest BCUT2D eigenvalue weighted by Gasteiger charge is -2.28. The molecule has 0 saturated heterocycles. The maximum atomic E-state index is 12.0. The van der Waals surface area contributed by atoms with E-state index in [1.54, 1.807) is 48.5 Å². The number of carbonyl (C=O) groups is 2. The van der Waals surface area contributed by atoms with E-state index < -0.39 is 18.0 Å². The number of hydrogen-bond acceptors (Lipinski definition) is 3. The molecule has 3 N–H and O–H groups in total. The third-order valence-corrected chi connectivity index (χ3v) is 3.92. The van der Waals surface area contributed by atoms with Crippen LogP contribution in [0.2, 0.25) is 0 Å². The number of primary amides is 1. The zero-order valence-electron chi connectivity index (χ0n) is 12.3. The number of carboxylic acids is 1. The summed E-state index contributed by atoms with van der Waals surface area (Å²) in [5, 5.41) is 9.66. The Labute approximate surface area is 141 Å². The molecule has 2 rings (SSSR count). The highest BCUT2D eigenvalue weighted by Gasteiger charge is 2.32. The molecule has 0 aromatic heterocycles. The number of carboxylic acid groups (broad SMARTS) is 1. The van der Waals surface area contributed by atoms with Gasteiger partial charge in [0.05, 0.1) is 12.8 Å². The zero-order chi connectivity index (χ0) is 17.0. The van der Waals surface area contributed by atoms with Crippen molar-refractivity contribution >= 4 is 33.6 Å². The normalized spacial score (nSPS) is 11.6. The number of rotatable bonds is 5. The van der Waals surface area contributed by atoms with Crippen LogP contribution in [0.5, 0.6) is 5.75 Å². The maximum Gasteiger partial charge on any atom is 0.331 e. The summed E-state index contributed by atoms with van der Waals surface area (Å²) in [7, 11) is 1.48. The van der Waals surface area contributed by atoms with Gasteiger partial charge in [0, 0.05) is 4.47 Å². The molecular weight excluding hydrogens is 364 g/mol. The largest absolute Gasteiger partial charge is 0.497 e. The van der Waals surface area contributed by atoms with E-state index in [0.29, 0.717) is 21.5 Å². The van der Waals surface area contributed by atoms with E-state index in [0.717, 1.165) is 4.90 Å². The molecule has 6 nitrogen and oxygen atoms in total. The Morgan fingerprint density at radius 2 is 1.91 bits per heavy atom. The number of amides is 2. The molecule has 0 saturated carbocycles. The second-order valence-electron chi connectivity index (χ2n) is 4.68. The molecule has 0 heterocycles. The number of benzene rings is 2. The molecule has 2 amide bonds. The molecule has 0 bridgehead atoms. The highest BCUT2D eigenvalue weighted by Crippen LogP contribution is 2.33. The fraction of sp³-hybridized carbons (Fsp3) is 0.125. The molecule has 120 valence electrons. The molecule has 1 unspecified atom stereocenters. The second kappa shape index (κ2) is 7.15. The topological polar surface area (TPSA) is 92.9 Å². The molecule has 23 heavy (non-hydrogen) atoms. The lowest BCUT2D eigenvalue weighted by atomic mass is 10.0. The predicted molar refractivity (Wildman–Crippen MR) is 89.6 cm³/mol. The summed E-state index contributed by atoms with van der Waals surface area (Å²) in [6.45, 7) is 0. The van der Waals surface area contributed by atoms with E-state index in [4.69, 9.17) is 10.5 Å². The number of nitrogens with two attached hydrogens (primary N) is 1. The molecule has 0 aliphatic rings. The summed E-state index contributed by atoms with van der Waals surface area (Å²) in [5.74, 6) is -0.710. The highest BCUT2D eigenvalue weighted by molar-refractivity contribution is 9.10. The van der Waals surface area contributed by atoms with Crippen molar-refractivity contribution in [3.05, 3.63) is 58.6 Å². The first-order valence-electron chi connectivity index (χ1n) is 6.65. The van der Waals surface area contributed by atoms with Crippen LogP contribution in [0.15, 0.2) is 53.0 Å². The van der Waals surface area contributed by atoms with Crippen LogP contribution in [0.1, 0.15) is 11.6 Å². The molecular formula is C16H15BrN2O4. The third kappa shape index (κ3) is 3.62. The summed E-state index contributed by atoms with van der Waals surface area (Å²) >= 11 is 3.32. The minimum Gasteiger partial charge on any atom is -0.497 e. The van der Waals surface area contributed by atoms with Gasteiger partial charge in [0.15, 0.2) is 6.04 Å². The highest BCUT2D eigenvalue weighted by atomic mass is 79.9. The molecule has 7 heteroatoms. The predicted octanol–water partition coefficient (Wildman–Crippen LogP) is 3.17. The number of anilines is 1. The Bertz CT molecular complexity index is 736. The van der Waals surface area contributed by atoms with Crippen molar-refractivity contribution in [1.29, 1.82) is 0 Å². The maximum absolute atomic E-state index is 12.0. The van der Waals surface area contributed by atoms with Gasteiger partial charge in [-0.25, -0.2) is 9.59 Å². The first-order valence-corrected chi connectivity index (χ1v) is 7.45. The summed E-state index contributed by atoms with van der Waals surface area (Å²) in [4.78, 5) is 24.8. The quantitative estimate of drug-likeness (QED) is 0.835. The van der Waals surface area contributed by atoms with Gasteiger partial charge in [-0.15, -0.1) is 0 Å². The van der Waals surface area contributed by atoms with Crippen LogP contribution >= 0.6 is 15.9 Å². The average Bonchev–Trinajstić information content (AvgIpc) is 2.52. The van der Waals surface area contributed by atoms with Crippen molar-refractivity contribution in [2.45, 2.75) is 6.04 Å². The summed E-state index contributed by atoms with van der Waals surface area (Å²) in [5.41, 5.74) is 6.21. The van der Waals surface area contributed by atoms with E-state index in [9.17, 15) is 14.7 Å². The van der Waals surface area contributed by atoms with Gasteiger partial charge in [-0.3, -0.25) is 4.90 Å². The minimum absolute atomic E-state index is 0.371. The van der Waals surface area contributed by atoms with Crippen molar-refractivity contribution < 1.29 is 19.4 Å². The van der Waals surface area contributed by atoms with Crippen LogP contribution in [-0.4, -0.2) is 24.2 Å². The number of hydrogen-bond donors (Lipinski definition) is 2. The van der Waals surface area contributed by atoms with Gasteiger partial charge in [-0.2, -0.15) is 0 Å². The standard InChI is InChI=1S/C16H15BrN2O4/c1-23-11-6-4-5-10(9-11)14(15(20)21)19(16(18)22)13-8-3-2-7-12(13)17/h2-9,14H,1H3,(H2,18,22)(H,20,21). The lowest BCUT2D eigenvalue weighted by molar-refractivity contribution is -0.138. The van der Waals surface area contributed by atoms with E-state index in [2.05, 4.69) is 15.9 Å². The summed E-state index contributed by atoms with van der Waals surface area (Å²) in [6.07, 6.45) is 0. The van der Waals surface area contributed by atoms with Crippen LogP contribution in [0.3, 0.4) is 0 Å². The second-order valence-corrected chi connectivity index (χ2v) is 5.53. The fourth-order valence-corrected chi connectivity index (χ4v) is 2.72. The van der Waals surface area contributed by atoms with Crippen LogP contribution in [-0.2, 0) is 4.79 Å². The van der Waals surface area contributed by atoms with Gasteiger partial charge >= 0.3 is 12.0 Å². The van der Waals surface area contributed by atoms with Crippen LogP contribution in [0.25, 0.3) is 0 Å². The number of aliphatic carboxylic acids is 1. The zero-order valence-corrected chi connectivity index (χ0v) is 13.9. The number of carbonyl (C=O) groups excluding carboxylic acids is 1. The Hall–Kier alpha value is -2.54. The van der Waals surface area contributed by atoms with Crippen LogP contribution in [0.4, 0.5) is 10.5 Å². The minimum atomic E-state index is -1.28. The number of ether oxygens (including phenoxy) is 1. The van der Waals surface area contributed by atoms with Crippen molar-refractivity contribution in [3.8, 4) is 5.75 Å². The summed E-state index contributed by atoms with van der Waals surface area (Å²) < 4.78 is 5.68. The van der Waals surface area contributed by atoms with Crippen molar-refractivity contribution in [2.24, 2.45) is 5.73 Å². The van der Waals surface area contributed by atoms with Crippen LogP contribution < -0.4 is 15.4 Å². The van der Waals surface area contributed by atoms with Gasteiger partial charge in [0.2, 0.25) is 0 Å². The summed E-state index contributed by atoms with van der Waals surface area (Å²) in [6, 6.07) is 11.1. The molecule has 2 aromatic rings. The number of methoxy groups -OCH3 is 1. The molecule has 1 atom stereocenters. The fourth-order valence-electron chi connectivity index (χ4n) is 2.25. The van der Waals surface area contributed by atoms with Gasteiger partial charge < -0.3 is 15.6 Å². The average molecular weight is 379 g/mol. The number of urea groups is 1. The van der Waals surface area contributed by atoms with Gasteiger partial charge in [-0.1, -0.05) is 24.3 Å². The van der Waals surface area contributed by atoms with Gasteiger partial charge in [0.25, 0.3) is 0 Å². The third-order valence-electron chi connectivity index (χ3n) is 3.25. The van der Waals surface area contributed by atoms with E-state index in [1.807, 2.05) is 0 Å². The Kier molecular flexibility index (Phi) is 5.23. The van der Waals surface area contributed by atoms with Crippen molar-refractivity contribution in [2.75, 3.05) is 12.0 Å². The van der Waals surface area contributed by atoms with Crippen LogP contribution in [0, 0.1) is 0 Å². The Morgan fingerprint density at radius 3 is 2.48 bits per heavy atom. The smallest absolute Gasteiger partial charge is 0.331 e. The number of para-hydroxylation sites is 1. The number of nitrogens with zero attached hydrogens (tertiary/aromatic N) is 1. The van der Waals surface area contributed by atoms with E-state index >= 15 is 0 Å². The first-order chi connectivity index (χ1) is 11.0. The molecule has 2 aromatic carbocycles. The van der Waals surface area contributed by atoms with Gasteiger partial charge in [0.1, 0.15) is 5.75 Å². The molecule has 0 aliphatic heterocycles. The van der Waals surface area contributed by atoms with Gasteiger partial charge in [-0.05, 0) is 45.8 Å². The molecule has 0 spiro atoms. The van der Waals surface area contributed by atoms with Crippen molar-refractivity contribution in [3.63, 3.8) is 0 Å². The Balaban J connectivity index is 2.58. The first kappa shape index (κ1) is 16.8.